The molecular weight excluding hydrogens is 264 g/mol. The quantitative estimate of drug-likeness (QED) is 0.838. The van der Waals surface area contributed by atoms with Gasteiger partial charge in [0.25, 0.3) is 0 Å². The summed E-state index contributed by atoms with van der Waals surface area (Å²) >= 11 is 0. The summed E-state index contributed by atoms with van der Waals surface area (Å²) in [6.45, 7) is 4.27. The summed E-state index contributed by atoms with van der Waals surface area (Å²) in [5.41, 5.74) is 1.24. The summed E-state index contributed by atoms with van der Waals surface area (Å²) < 4.78 is 0. The number of rotatable bonds is 6. The average Bonchev–Trinajstić information content (AvgIpc) is 2.80. The number of aliphatic hydroxyl groups excluding tert-OH is 1. The molecule has 1 saturated heterocycles. The Balaban J connectivity index is 1.94. The minimum atomic E-state index is 0.285. The van der Waals surface area contributed by atoms with Crippen molar-refractivity contribution >= 4 is 5.82 Å². The van der Waals surface area contributed by atoms with E-state index in [4.69, 9.17) is 0 Å². The summed E-state index contributed by atoms with van der Waals surface area (Å²) in [6.07, 6.45) is 1.96. The molecule has 0 amide bonds. The second kappa shape index (κ2) is 7.20. The molecule has 118 valence electrons. The van der Waals surface area contributed by atoms with E-state index in [0.29, 0.717) is 11.8 Å². The normalized spacial score (nSPS) is 23.0. The van der Waals surface area contributed by atoms with E-state index in [0.717, 1.165) is 32.0 Å². The van der Waals surface area contributed by atoms with E-state index in [1.165, 1.54) is 5.56 Å². The molecule has 1 aromatic rings. The number of aliphatic hydroxyl groups is 1. The Morgan fingerprint density at radius 2 is 1.90 bits per heavy atom. The Bertz CT molecular complexity index is 432. The van der Waals surface area contributed by atoms with Crippen LogP contribution in [0, 0.1) is 11.8 Å². The highest BCUT2D eigenvalue weighted by atomic mass is 16.3. The van der Waals surface area contributed by atoms with Gasteiger partial charge in [0.1, 0.15) is 5.82 Å². The van der Waals surface area contributed by atoms with Gasteiger partial charge in [0, 0.05) is 53.1 Å². The van der Waals surface area contributed by atoms with Crippen molar-refractivity contribution in [1.29, 1.82) is 0 Å². The molecule has 0 aromatic carbocycles. The van der Waals surface area contributed by atoms with Crippen LogP contribution in [0.1, 0.15) is 5.56 Å². The van der Waals surface area contributed by atoms with Gasteiger partial charge in [-0.3, -0.25) is 4.90 Å². The van der Waals surface area contributed by atoms with Gasteiger partial charge < -0.3 is 14.9 Å². The molecule has 1 fully saturated rings. The van der Waals surface area contributed by atoms with Crippen LogP contribution >= 0.6 is 0 Å². The second-order valence-electron chi connectivity index (χ2n) is 6.58. The molecule has 0 aliphatic carbocycles. The Morgan fingerprint density at radius 1 is 1.19 bits per heavy atom. The third-order valence-electron chi connectivity index (χ3n) is 4.16. The maximum atomic E-state index is 9.57. The lowest BCUT2D eigenvalue weighted by molar-refractivity contribution is 0.183. The summed E-state index contributed by atoms with van der Waals surface area (Å²) in [5, 5.41) is 9.57. The van der Waals surface area contributed by atoms with Gasteiger partial charge in [0.15, 0.2) is 0 Å². The molecule has 5 nitrogen and oxygen atoms in total. The van der Waals surface area contributed by atoms with Crippen LogP contribution in [0.15, 0.2) is 18.3 Å². The van der Waals surface area contributed by atoms with E-state index in [1.54, 1.807) is 0 Å². The van der Waals surface area contributed by atoms with Crippen molar-refractivity contribution in [3.63, 3.8) is 0 Å². The lowest BCUT2D eigenvalue weighted by Crippen LogP contribution is -2.28. The van der Waals surface area contributed by atoms with E-state index < -0.39 is 0 Å². The first-order valence-electron chi connectivity index (χ1n) is 7.59. The molecule has 21 heavy (non-hydrogen) atoms. The first kappa shape index (κ1) is 16.2. The zero-order valence-electron chi connectivity index (χ0n) is 13.7. The predicted octanol–water partition coefficient (Wildman–Crippen LogP) is 0.749. The van der Waals surface area contributed by atoms with E-state index in [2.05, 4.69) is 41.0 Å². The van der Waals surface area contributed by atoms with Crippen LogP contribution in [0.3, 0.4) is 0 Å². The maximum absolute atomic E-state index is 9.57. The van der Waals surface area contributed by atoms with Gasteiger partial charge in [-0.15, -0.1) is 0 Å². The zero-order chi connectivity index (χ0) is 15.4. The van der Waals surface area contributed by atoms with Crippen LogP contribution in [0.5, 0.6) is 0 Å². The fourth-order valence-electron chi connectivity index (χ4n) is 3.08. The fraction of sp³-hybridized carbons (Fsp3) is 0.688. The molecule has 2 rings (SSSR count). The third kappa shape index (κ3) is 4.40. The predicted molar refractivity (Wildman–Crippen MR) is 86.5 cm³/mol. The zero-order valence-corrected chi connectivity index (χ0v) is 13.7. The van der Waals surface area contributed by atoms with E-state index in [-0.39, 0.29) is 6.61 Å². The first-order chi connectivity index (χ1) is 9.99. The van der Waals surface area contributed by atoms with Gasteiger partial charge in [0.05, 0.1) is 0 Å². The lowest BCUT2D eigenvalue weighted by atomic mass is 9.97. The topological polar surface area (TPSA) is 42.8 Å². The van der Waals surface area contributed by atoms with Crippen molar-refractivity contribution in [3.8, 4) is 0 Å². The standard InChI is InChI=1S/C16H28N4O/c1-18(2)9-14-10-20(11-15(14)12-21)8-13-5-6-16(17-7-13)19(3)4/h5-7,14-15,21H,8-12H2,1-4H3/t14-,15-/m1/s1. The minimum Gasteiger partial charge on any atom is -0.396 e. The maximum Gasteiger partial charge on any atom is 0.127 e. The SMILES string of the molecule is CN(C)C[C@@H]1CN(Cc2ccc(N(C)C)nc2)C[C@@H]1CO. The van der Waals surface area contributed by atoms with Crippen LogP contribution in [-0.4, -0.2) is 74.3 Å². The van der Waals surface area contributed by atoms with Crippen molar-refractivity contribution in [2.45, 2.75) is 6.54 Å². The molecule has 0 unspecified atom stereocenters. The number of hydrogen-bond acceptors (Lipinski definition) is 5. The number of pyridine rings is 1. The molecule has 0 radical (unpaired) electrons. The van der Waals surface area contributed by atoms with Gasteiger partial charge in [0.2, 0.25) is 0 Å². The minimum absolute atomic E-state index is 0.285. The van der Waals surface area contributed by atoms with Gasteiger partial charge in [-0.05, 0) is 37.6 Å². The Labute approximate surface area is 128 Å². The second-order valence-corrected chi connectivity index (χ2v) is 6.58. The number of nitrogens with zero attached hydrogens (tertiary/aromatic N) is 4. The molecule has 1 N–H and O–H groups in total. The molecule has 1 aliphatic heterocycles. The van der Waals surface area contributed by atoms with E-state index >= 15 is 0 Å². The summed E-state index contributed by atoms with van der Waals surface area (Å²) in [4.78, 5) is 11.1. The summed E-state index contributed by atoms with van der Waals surface area (Å²) in [7, 11) is 8.20. The molecule has 1 aliphatic rings. The Hall–Kier alpha value is -1.17. The van der Waals surface area contributed by atoms with Crippen LogP contribution in [0.2, 0.25) is 0 Å². The van der Waals surface area contributed by atoms with E-state index in [1.807, 2.05) is 25.2 Å². The molecule has 2 atom stereocenters. The number of likely N-dealkylation sites (tertiary alicyclic amines) is 1. The van der Waals surface area contributed by atoms with Gasteiger partial charge >= 0.3 is 0 Å². The molecule has 2 heterocycles. The lowest BCUT2D eigenvalue weighted by Gasteiger charge is -2.20. The van der Waals surface area contributed by atoms with Crippen molar-refractivity contribution < 1.29 is 5.11 Å². The Kier molecular flexibility index (Phi) is 5.56. The van der Waals surface area contributed by atoms with E-state index in [9.17, 15) is 5.11 Å². The molecule has 1 aromatic heterocycles. The van der Waals surface area contributed by atoms with Crippen LogP contribution in [0.4, 0.5) is 5.82 Å². The number of aromatic nitrogens is 1. The summed E-state index contributed by atoms with van der Waals surface area (Å²) in [6, 6.07) is 4.21. The molecule has 0 bridgehead atoms. The molecule has 5 heteroatoms. The van der Waals surface area contributed by atoms with Gasteiger partial charge in [-0.25, -0.2) is 4.98 Å². The van der Waals surface area contributed by atoms with Crippen LogP contribution < -0.4 is 4.90 Å². The van der Waals surface area contributed by atoms with Gasteiger partial charge in [-0.2, -0.15) is 0 Å². The molecular formula is C16H28N4O. The monoisotopic (exact) mass is 292 g/mol. The average molecular weight is 292 g/mol. The van der Waals surface area contributed by atoms with Crippen molar-refractivity contribution in [2.75, 3.05) is 59.3 Å². The van der Waals surface area contributed by atoms with Crippen molar-refractivity contribution in [3.05, 3.63) is 23.9 Å². The molecule has 0 saturated carbocycles. The van der Waals surface area contributed by atoms with Gasteiger partial charge in [-0.1, -0.05) is 6.07 Å². The molecule has 0 spiro atoms. The van der Waals surface area contributed by atoms with Crippen molar-refractivity contribution in [1.82, 2.24) is 14.8 Å². The highest BCUT2D eigenvalue weighted by Crippen LogP contribution is 2.25. The van der Waals surface area contributed by atoms with Crippen LogP contribution in [-0.2, 0) is 6.54 Å². The van der Waals surface area contributed by atoms with Crippen molar-refractivity contribution in [2.24, 2.45) is 11.8 Å². The smallest absolute Gasteiger partial charge is 0.127 e. The number of anilines is 1. The highest BCUT2D eigenvalue weighted by Gasteiger charge is 2.32. The summed E-state index contributed by atoms with van der Waals surface area (Å²) in [5.74, 6) is 1.93. The Morgan fingerprint density at radius 3 is 2.43 bits per heavy atom. The third-order valence-corrected chi connectivity index (χ3v) is 4.16. The largest absolute Gasteiger partial charge is 0.396 e. The fourth-order valence-corrected chi connectivity index (χ4v) is 3.08. The highest BCUT2D eigenvalue weighted by molar-refractivity contribution is 5.37. The first-order valence-corrected chi connectivity index (χ1v) is 7.59. The number of hydrogen-bond donors (Lipinski definition) is 1. The van der Waals surface area contributed by atoms with Crippen LogP contribution in [0.25, 0.3) is 0 Å².